The lowest BCUT2D eigenvalue weighted by Crippen LogP contribution is -2.20. The van der Waals surface area contributed by atoms with Crippen molar-refractivity contribution in [3.8, 4) is 5.75 Å². The van der Waals surface area contributed by atoms with Crippen LogP contribution in [0, 0.1) is 0 Å². The van der Waals surface area contributed by atoms with Crippen LogP contribution < -0.4 is 10.1 Å². The normalized spacial score (nSPS) is 10.5. The Bertz CT molecular complexity index is 304. The molecule has 0 saturated heterocycles. The van der Waals surface area contributed by atoms with E-state index >= 15 is 0 Å². The predicted molar refractivity (Wildman–Crippen MR) is 67.2 cm³/mol. The Kier molecular flexibility index (Phi) is 7.38. The molecule has 0 radical (unpaired) electrons. The van der Waals surface area contributed by atoms with Crippen LogP contribution in [0.2, 0.25) is 0 Å². The summed E-state index contributed by atoms with van der Waals surface area (Å²) in [5, 5.41) is 11.8. The van der Waals surface area contributed by atoms with Crippen molar-refractivity contribution in [3.05, 3.63) is 29.8 Å². The largest absolute Gasteiger partial charge is 0.494 e. The zero-order chi connectivity index (χ0) is 12.3. The van der Waals surface area contributed by atoms with E-state index in [0.717, 1.165) is 18.8 Å². The first-order valence-electron chi connectivity index (χ1n) is 5.98. The molecular weight excluding hydrogens is 218 g/mol. The van der Waals surface area contributed by atoms with E-state index in [-0.39, 0.29) is 6.61 Å². The van der Waals surface area contributed by atoms with Crippen LogP contribution in [0.5, 0.6) is 5.75 Å². The number of hydrogen-bond donors (Lipinski definition) is 2. The monoisotopic (exact) mass is 239 g/mol. The highest BCUT2D eigenvalue weighted by atomic mass is 16.5. The summed E-state index contributed by atoms with van der Waals surface area (Å²) in [4.78, 5) is 0. The van der Waals surface area contributed by atoms with Crippen LogP contribution in [0.15, 0.2) is 24.3 Å². The number of nitrogens with one attached hydrogen (secondary N) is 1. The van der Waals surface area contributed by atoms with Gasteiger partial charge in [-0.15, -0.1) is 0 Å². The molecule has 0 unspecified atom stereocenters. The molecule has 0 aliphatic rings. The average molecular weight is 239 g/mol. The van der Waals surface area contributed by atoms with Gasteiger partial charge in [-0.3, -0.25) is 0 Å². The smallest absolute Gasteiger partial charge is 0.119 e. The minimum Gasteiger partial charge on any atom is -0.494 e. The van der Waals surface area contributed by atoms with Crippen LogP contribution in [0.4, 0.5) is 0 Å². The highest BCUT2D eigenvalue weighted by molar-refractivity contribution is 5.28. The third-order valence-corrected chi connectivity index (χ3v) is 2.20. The van der Waals surface area contributed by atoms with Crippen LogP contribution in [0.1, 0.15) is 12.5 Å². The van der Waals surface area contributed by atoms with Crippen LogP contribution in [0.3, 0.4) is 0 Å². The SMILES string of the molecule is CCOc1cccc(CNCCOCCO)c1. The number of aliphatic hydroxyl groups is 1. The van der Waals surface area contributed by atoms with E-state index in [9.17, 15) is 0 Å². The van der Waals surface area contributed by atoms with Crippen LogP contribution >= 0.6 is 0 Å². The molecule has 4 heteroatoms. The minimum atomic E-state index is 0.0798. The van der Waals surface area contributed by atoms with Crippen molar-refractivity contribution in [3.63, 3.8) is 0 Å². The molecule has 0 aliphatic carbocycles. The first-order valence-corrected chi connectivity index (χ1v) is 5.98. The zero-order valence-electron chi connectivity index (χ0n) is 10.3. The average Bonchev–Trinajstić information content (AvgIpc) is 2.35. The Balaban J connectivity index is 2.19. The minimum absolute atomic E-state index is 0.0798. The highest BCUT2D eigenvalue weighted by Gasteiger charge is 1.96. The van der Waals surface area contributed by atoms with Gasteiger partial charge in [0.05, 0.1) is 26.4 Å². The fourth-order valence-corrected chi connectivity index (χ4v) is 1.46. The van der Waals surface area contributed by atoms with E-state index in [1.54, 1.807) is 0 Å². The first-order chi connectivity index (χ1) is 8.36. The lowest BCUT2D eigenvalue weighted by molar-refractivity contribution is 0.0938. The van der Waals surface area contributed by atoms with Crippen LogP contribution in [0.25, 0.3) is 0 Å². The summed E-state index contributed by atoms with van der Waals surface area (Å²) in [6.07, 6.45) is 0. The number of rotatable bonds is 9. The molecule has 0 spiro atoms. The molecule has 0 aromatic heterocycles. The standard InChI is InChI=1S/C13H21NO3/c1-2-17-13-5-3-4-12(10-13)11-14-6-8-16-9-7-15/h3-5,10,14-15H,2,6-9,11H2,1H3. The molecule has 4 nitrogen and oxygen atoms in total. The molecule has 1 aromatic carbocycles. The van der Waals surface area contributed by atoms with Crippen molar-refractivity contribution in [2.45, 2.75) is 13.5 Å². The molecule has 0 saturated carbocycles. The second kappa shape index (κ2) is 8.98. The van der Waals surface area contributed by atoms with Crippen molar-refractivity contribution in [1.29, 1.82) is 0 Å². The lowest BCUT2D eigenvalue weighted by atomic mass is 10.2. The van der Waals surface area contributed by atoms with Crippen molar-refractivity contribution in [1.82, 2.24) is 5.32 Å². The van der Waals surface area contributed by atoms with Crippen molar-refractivity contribution >= 4 is 0 Å². The fourth-order valence-electron chi connectivity index (χ4n) is 1.46. The molecule has 0 amide bonds. The maximum absolute atomic E-state index is 8.52. The molecule has 1 rings (SSSR count). The molecule has 1 aromatic rings. The summed E-state index contributed by atoms with van der Waals surface area (Å²) < 4.78 is 10.6. The quantitative estimate of drug-likeness (QED) is 0.635. The topological polar surface area (TPSA) is 50.7 Å². The lowest BCUT2D eigenvalue weighted by Gasteiger charge is -2.07. The molecular formula is C13H21NO3. The summed E-state index contributed by atoms with van der Waals surface area (Å²) in [7, 11) is 0. The second-order valence-electron chi connectivity index (χ2n) is 3.59. The Labute approximate surface area is 103 Å². The molecule has 0 atom stereocenters. The van der Waals surface area contributed by atoms with Gasteiger partial charge in [0, 0.05) is 13.1 Å². The number of hydrogen-bond acceptors (Lipinski definition) is 4. The van der Waals surface area contributed by atoms with E-state index in [1.165, 1.54) is 5.56 Å². The summed E-state index contributed by atoms with van der Waals surface area (Å²) >= 11 is 0. The zero-order valence-corrected chi connectivity index (χ0v) is 10.3. The molecule has 96 valence electrons. The van der Waals surface area contributed by atoms with E-state index in [4.69, 9.17) is 14.6 Å². The Hall–Kier alpha value is -1.10. The Morgan fingerprint density at radius 1 is 1.29 bits per heavy atom. The third-order valence-electron chi connectivity index (χ3n) is 2.20. The highest BCUT2D eigenvalue weighted by Crippen LogP contribution is 2.12. The molecule has 0 aliphatic heterocycles. The molecule has 0 bridgehead atoms. The van der Waals surface area contributed by atoms with Gasteiger partial charge < -0.3 is 19.9 Å². The van der Waals surface area contributed by atoms with Gasteiger partial charge in [-0.25, -0.2) is 0 Å². The van der Waals surface area contributed by atoms with Crippen molar-refractivity contribution in [2.24, 2.45) is 0 Å². The van der Waals surface area contributed by atoms with Gasteiger partial charge in [0.1, 0.15) is 5.75 Å². The molecule has 0 fully saturated rings. The number of aliphatic hydroxyl groups excluding tert-OH is 1. The number of benzene rings is 1. The molecule has 2 N–H and O–H groups in total. The summed E-state index contributed by atoms with van der Waals surface area (Å²) in [5.41, 5.74) is 1.19. The fraction of sp³-hybridized carbons (Fsp3) is 0.538. The van der Waals surface area contributed by atoms with E-state index < -0.39 is 0 Å². The van der Waals surface area contributed by atoms with Crippen molar-refractivity contribution < 1.29 is 14.6 Å². The van der Waals surface area contributed by atoms with Gasteiger partial charge in [-0.1, -0.05) is 12.1 Å². The van der Waals surface area contributed by atoms with E-state index in [1.807, 2.05) is 25.1 Å². The Morgan fingerprint density at radius 2 is 2.18 bits per heavy atom. The van der Waals surface area contributed by atoms with Crippen LogP contribution in [-0.4, -0.2) is 38.1 Å². The van der Waals surface area contributed by atoms with Gasteiger partial charge in [-0.2, -0.15) is 0 Å². The van der Waals surface area contributed by atoms with Gasteiger partial charge in [0.25, 0.3) is 0 Å². The van der Waals surface area contributed by atoms with Crippen molar-refractivity contribution in [2.75, 3.05) is 33.0 Å². The van der Waals surface area contributed by atoms with Crippen LogP contribution in [-0.2, 0) is 11.3 Å². The number of ether oxygens (including phenoxy) is 2. The third kappa shape index (κ3) is 6.26. The summed E-state index contributed by atoms with van der Waals surface area (Å²) in [6.45, 7) is 5.33. The second-order valence-corrected chi connectivity index (χ2v) is 3.59. The maximum Gasteiger partial charge on any atom is 0.119 e. The van der Waals surface area contributed by atoms with Gasteiger partial charge in [0.2, 0.25) is 0 Å². The summed E-state index contributed by atoms with van der Waals surface area (Å²) in [6, 6.07) is 8.04. The predicted octanol–water partition coefficient (Wildman–Crippen LogP) is 1.18. The molecule has 17 heavy (non-hydrogen) atoms. The van der Waals surface area contributed by atoms with Gasteiger partial charge in [-0.05, 0) is 24.6 Å². The summed E-state index contributed by atoms with van der Waals surface area (Å²) in [5.74, 6) is 0.906. The van der Waals surface area contributed by atoms with E-state index in [2.05, 4.69) is 11.4 Å². The molecule has 0 heterocycles. The maximum atomic E-state index is 8.52. The Morgan fingerprint density at radius 3 is 2.94 bits per heavy atom. The van der Waals surface area contributed by atoms with Gasteiger partial charge in [0.15, 0.2) is 0 Å². The van der Waals surface area contributed by atoms with E-state index in [0.29, 0.717) is 19.8 Å². The van der Waals surface area contributed by atoms with Gasteiger partial charge >= 0.3 is 0 Å². The first kappa shape index (κ1) is 14.0.